The summed E-state index contributed by atoms with van der Waals surface area (Å²) in [4.78, 5) is 2.60. The molecular weight excluding hydrogens is 236 g/mol. The Morgan fingerprint density at radius 3 is 2.74 bits per heavy atom. The van der Waals surface area contributed by atoms with Crippen molar-refractivity contribution in [3.05, 3.63) is 18.0 Å². The first kappa shape index (κ1) is 13.1. The standard InChI is InChI=1S/C15H26N4/c1-13-11-17-19(12-13)10-9-18-7-4-14(5-8-18)15-3-2-6-16-15/h11-12,14-16H,2-10H2,1H3. The molecule has 0 spiro atoms. The zero-order valence-corrected chi connectivity index (χ0v) is 12.0. The molecular formula is C15H26N4. The summed E-state index contributed by atoms with van der Waals surface area (Å²) < 4.78 is 2.07. The highest BCUT2D eigenvalue weighted by atomic mass is 15.3. The largest absolute Gasteiger partial charge is 0.314 e. The van der Waals surface area contributed by atoms with Crippen LogP contribution in [0.15, 0.2) is 12.4 Å². The van der Waals surface area contributed by atoms with Crippen molar-refractivity contribution in [2.45, 2.75) is 45.2 Å². The Labute approximate surface area is 116 Å². The van der Waals surface area contributed by atoms with Crippen LogP contribution in [0.3, 0.4) is 0 Å². The average molecular weight is 262 g/mol. The van der Waals surface area contributed by atoms with E-state index in [4.69, 9.17) is 0 Å². The molecule has 0 aliphatic carbocycles. The van der Waals surface area contributed by atoms with Crippen molar-refractivity contribution in [3.63, 3.8) is 0 Å². The van der Waals surface area contributed by atoms with Gasteiger partial charge in [0, 0.05) is 18.8 Å². The lowest BCUT2D eigenvalue weighted by molar-refractivity contribution is 0.158. The number of nitrogens with one attached hydrogen (secondary N) is 1. The summed E-state index contributed by atoms with van der Waals surface area (Å²) in [6.45, 7) is 8.05. The summed E-state index contributed by atoms with van der Waals surface area (Å²) in [5.74, 6) is 0.922. The van der Waals surface area contributed by atoms with Gasteiger partial charge in [-0.3, -0.25) is 4.68 Å². The van der Waals surface area contributed by atoms with E-state index in [0.717, 1.165) is 25.0 Å². The highest BCUT2D eigenvalue weighted by Gasteiger charge is 2.27. The van der Waals surface area contributed by atoms with E-state index in [2.05, 4.69) is 33.1 Å². The number of likely N-dealkylation sites (tertiary alicyclic amines) is 1. The fraction of sp³-hybridized carbons (Fsp3) is 0.800. The maximum Gasteiger partial charge on any atom is 0.0536 e. The van der Waals surface area contributed by atoms with Gasteiger partial charge in [0.2, 0.25) is 0 Å². The van der Waals surface area contributed by atoms with Crippen LogP contribution in [-0.4, -0.2) is 46.9 Å². The molecule has 0 saturated carbocycles. The van der Waals surface area contributed by atoms with Crippen LogP contribution in [-0.2, 0) is 6.54 Å². The van der Waals surface area contributed by atoms with E-state index in [1.807, 2.05) is 6.20 Å². The molecule has 0 bridgehead atoms. The van der Waals surface area contributed by atoms with Crippen molar-refractivity contribution < 1.29 is 0 Å². The van der Waals surface area contributed by atoms with Gasteiger partial charge in [0.05, 0.1) is 12.7 Å². The van der Waals surface area contributed by atoms with E-state index < -0.39 is 0 Å². The molecule has 4 nitrogen and oxygen atoms in total. The molecule has 1 unspecified atom stereocenters. The summed E-state index contributed by atoms with van der Waals surface area (Å²) in [6, 6.07) is 0.816. The van der Waals surface area contributed by atoms with Gasteiger partial charge in [-0.1, -0.05) is 0 Å². The van der Waals surface area contributed by atoms with E-state index in [9.17, 15) is 0 Å². The van der Waals surface area contributed by atoms with Gasteiger partial charge in [-0.25, -0.2) is 0 Å². The van der Waals surface area contributed by atoms with Gasteiger partial charge in [0.1, 0.15) is 0 Å². The number of aryl methyl sites for hydroxylation is 1. The third kappa shape index (κ3) is 3.37. The van der Waals surface area contributed by atoms with Crippen LogP contribution in [0.4, 0.5) is 0 Å². The van der Waals surface area contributed by atoms with Crippen molar-refractivity contribution in [3.8, 4) is 0 Å². The third-order valence-corrected chi connectivity index (χ3v) is 4.71. The van der Waals surface area contributed by atoms with E-state index in [1.165, 1.54) is 50.9 Å². The number of nitrogens with zero attached hydrogens (tertiary/aromatic N) is 3. The minimum Gasteiger partial charge on any atom is -0.314 e. The van der Waals surface area contributed by atoms with Crippen molar-refractivity contribution in [2.75, 3.05) is 26.2 Å². The average Bonchev–Trinajstić information content (AvgIpc) is 3.08. The zero-order chi connectivity index (χ0) is 13.1. The Balaban J connectivity index is 1.40. The lowest BCUT2D eigenvalue weighted by atomic mass is 9.88. The second-order valence-corrected chi connectivity index (χ2v) is 6.16. The molecule has 0 aromatic carbocycles. The van der Waals surface area contributed by atoms with Gasteiger partial charge >= 0.3 is 0 Å². The summed E-state index contributed by atoms with van der Waals surface area (Å²) in [6.07, 6.45) is 9.60. The molecule has 1 atom stereocenters. The van der Waals surface area contributed by atoms with Crippen LogP contribution < -0.4 is 5.32 Å². The highest BCUT2D eigenvalue weighted by molar-refractivity contribution is 4.99. The fourth-order valence-corrected chi connectivity index (χ4v) is 3.53. The summed E-state index contributed by atoms with van der Waals surface area (Å²) >= 11 is 0. The third-order valence-electron chi connectivity index (χ3n) is 4.71. The monoisotopic (exact) mass is 262 g/mol. The van der Waals surface area contributed by atoms with E-state index in [-0.39, 0.29) is 0 Å². The zero-order valence-electron chi connectivity index (χ0n) is 12.0. The first-order valence-electron chi connectivity index (χ1n) is 7.76. The van der Waals surface area contributed by atoms with Crippen LogP contribution in [0.2, 0.25) is 0 Å². The van der Waals surface area contributed by atoms with E-state index >= 15 is 0 Å². The normalized spacial score (nSPS) is 26.1. The summed E-state index contributed by atoms with van der Waals surface area (Å²) in [5.41, 5.74) is 1.26. The summed E-state index contributed by atoms with van der Waals surface area (Å²) in [7, 11) is 0. The number of hydrogen-bond acceptors (Lipinski definition) is 3. The predicted octanol–water partition coefficient (Wildman–Crippen LogP) is 1.66. The van der Waals surface area contributed by atoms with Crippen LogP contribution in [0.1, 0.15) is 31.2 Å². The molecule has 0 amide bonds. The first-order valence-corrected chi connectivity index (χ1v) is 7.76. The Morgan fingerprint density at radius 2 is 2.11 bits per heavy atom. The molecule has 4 heteroatoms. The minimum absolute atomic E-state index is 0.816. The van der Waals surface area contributed by atoms with Gasteiger partial charge in [-0.2, -0.15) is 5.10 Å². The van der Waals surface area contributed by atoms with Crippen molar-refractivity contribution >= 4 is 0 Å². The fourth-order valence-electron chi connectivity index (χ4n) is 3.53. The molecule has 2 saturated heterocycles. The van der Waals surface area contributed by atoms with E-state index in [1.54, 1.807) is 0 Å². The second kappa shape index (κ2) is 6.06. The SMILES string of the molecule is Cc1cnn(CCN2CCC(C3CCCN3)CC2)c1. The molecule has 1 aromatic rings. The summed E-state index contributed by atoms with van der Waals surface area (Å²) in [5, 5.41) is 8.03. The Bertz CT molecular complexity index is 387. The molecule has 2 aliphatic heterocycles. The Morgan fingerprint density at radius 1 is 1.26 bits per heavy atom. The molecule has 3 heterocycles. The molecule has 1 N–H and O–H groups in total. The predicted molar refractivity (Wildman–Crippen MR) is 77.2 cm³/mol. The number of hydrogen-bond donors (Lipinski definition) is 1. The molecule has 2 fully saturated rings. The first-order chi connectivity index (χ1) is 9.31. The van der Waals surface area contributed by atoms with Crippen molar-refractivity contribution in [1.82, 2.24) is 20.0 Å². The molecule has 3 rings (SSSR count). The van der Waals surface area contributed by atoms with Gasteiger partial charge in [-0.15, -0.1) is 0 Å². The quantitative estimate of drug-likeness (QED) is 0.896. The minimum atomic E-state index is 0.816. The lowest BCUT2D eigenvalue weighted by Gasteiger charge is -2.34. The highest BCUT2D eigenvalue weighted by Crippen LogP contribution is 2.25. The maximum atomic E-state index is 4.36. The van der Waals surface area contributed by atoms with E-state index in [0.29, 0.717) is 0 Å². The Kier molecular flexibility index (Phi) is 4.18. The topological polar surface area (TPSA) is 33.1 Å². The molecule has 0 radical (unpaired) electrons. The lowest BCUT2D eigenvalue weighted by Crippen LogP contribution is -2.41. The van der Waals surface area contributed by atoms with Gasteiger partial charge in [0.15, 0.2) is 0 Å². The van der Waals surface area contributed by atoms with Crippen LogP contribution in [0.25, 0.3) is 0 Å². The second-order valence-electron chi connectivity index (χ2n) is 6.16. The number of rotatable bonds is 4. The van der Waals surface area contributed by atoms with Gasteiger partial charge in [-0.05, 0) is 63.7 Å². The van der Waals surface area contributed by atoms with Crippen LogP contribution >= 0.6 is 0 Å². The van der Waals surface area contributed by atoms with Gasteiger partial charge < -0.3 is 10.2 Å². The van der Waals surface area contributed by atoms with Crippen LogP contribution in [0.5, 0.6) is 0 Å². The number of piperidine rings is 1. The Hall–Kier alpha value is -0.870. The van der Waals surface area contributed by atoms with Crippen LogP contribution in [0, 0.1) is 12.8 Å². The molecule has 19 heavy (non-hydrogen) atoms. The van der Waals surface area contributed by atoms with Crippen molar-refractivity contribution in [2.24, 2.45) is 5.92 Å². The number of aromatic nitrogens is 2. The smallest absolute Gasteiger partial charge is 0.0536 e. The van der Waals surface area contributed by atoms with Gasteiger partial charge in [0.25, 0.3) is 0 Å². The molecule has 1 aromatic heterocycles. The molecule has 2 aliphatic rings. The maximum absolute atomic E-state index is 4.36. The molecule has 106 valence electrons. The van der Waals surface area contributed by atoms with Crippen molar-refractivity contribution in [1.29, 1.82) is 0 Å².